The summed E-state index contributed by atoms with van der Waals surface area (Å²) in [7, 11) is 0. The third-order valence-electron chi connectivity index (χ3n) is 4.72. The lowest BCUT2D eigenvalue weighted by Crippen LogP contribution is -2.46. The number of aromatic nitrogens is 3. The van der Waals surface area contributed by atoms with E-state index in [0.29, 0.717) is 26.2 Å². The van der Waals surface area contributed by atoms with Crippen LogP contribution in [0, 0.1) is 11.6 Å². The zero-order chi connectivity index (χ0) is 19.9. The van der Waals surface area contributed by atoms with Gasteiger partial charge in [0.2, 0.25) is 0 Å². The first-order chi connectivity index (χ1) is 13.3. The van der Waals surface area contributed by atoms with Gasteiger partial charge < -0.3 is 9.30 Å². The molecular weight excluding hydrogens is 381 g/mol. The minimum atomic E-state index is -4.48. The molecule has 148 valence electrons. The Hall–Kier alpha value is -2.75. The van der Waals surface area contributed by atoms with Crippen LogP contribution < -0.4 is 4.90 Å². The van der Waals surface area contributed by atoms with Gasteiger partial charge in [-0.15, -0.1) is 0 Å². The largest absolute Gasteiger partial charge is 0.434 e. The Bertz CT molecular complexity index is 992. The monoisotopic (exact) mass is 397 g/mol. The van der Waals surface area contributed by atoms with Gasteiger partial charge in [0.05, 0.1) is 17.6 Å². The van der Waals surface area contributed by atoms with Crippen LogP contribution in [0.15, 0.2) is 36.8 Å². The van der Waals surface area contributed by atoms with E-state index in [1.165, 1.54) is 4.40 Å². The van der Waals surface area contributed by atoms with Crippen molar-refractivity contribution in [2.75, 3.05) is 31.1 Å². The Balaban J connectivity index is 1.43. The molecule has 0 aliphatic carbocycles. The Kier molecular flexibility index (Phi) is 4.66. The van der Waals surface area contributed by atoms with Crippen molar-refractivity contribution in [3.05, 3.63) is 59.8 Å². The molecule has 4 rings (SSSR count). The van der Waals surface area contributed by atoms with Gasteiger partial charge in [-0.25, -0.2) is 13.8 Å². The molecule has 5 nitrogen and oxygen atoms in total. The number of fused-ring (bicyclic) bond motifs is 1. The van der Waals surface area contributed by atoms with Gasteiger partial charge in [0.1, 0.15) is 17.3 Å². The number of halogens is 5. The number of piperazine rings is 1. The molecule has 0 spiro atoms. The molecule has 1 saturated heterocycles. The number of rotatable bonds is 3. The lowest BCUT2D eigenvalue weighted by molar-refractivity contribution is -0.140. The van der Waals surface area contributed by atoms with Crippen molar-refractivity contribution in [2.24, 2.45) is 0 Å². The molecule has 0 saturated carbocycles. The van der Waals surface area contributed by atoms with Gasteiger partial charge in [0, 0.05) is 51.2 Å². The summed E-state index contributed by atoms with van der Waals surface area (Å²) < 4.78 is 66.5. The molecule has 0 atom stereocenters. The van der Waals surface area contributed by atoms with Crippen molar-refractivity contribution in [1.82, 2.24) is 19.3 Å². The summed E-state index contributed by atoms with van der Waals surface area (Å²) in [6.07, 6.45) is -0.905. The minimum absolute atomic E-state index is 0.189. The second-order valence-electron chi connectivity index (χ2n) is 6.62. The van der Waals surface area contributed by atoms with Crippen LogP contribution in [0.4, 0.5) is 27.6 Å². The van der Waals surface area contributed by atoms with Gasteiger partial charge in [0.15, 0.2) is 5.69 Å². The highest BCUT2D eigenvalue weighted by molar-refractivity contribution is 5.53. The molecule has 3 aromatic rings. The van der Waals surface area contributed by atoms with E-state index in [2.05, 4.69) is 9.97 Å². The lowest BCUT2D eigenvalue weighted by atomic mass is 10.2. The predicted molar refractivity (Wildman–Crippen MR) is 91.8 cm³/mol. The fraction of sp³-hybridized carbons (Fsp3) is 0.333. The van der Waals surface area contributed by atoms with E-state index < -0.39 is 23.5 Å². The normalized spacial score (nSPS) is 16.1. The molecule has 4 heterocycles. The van der Waals surface area contributed by atoms with Crippen LogP contribution in [0.25, 0.3) is 5.65 Å². The van der Waals surface area contributed by atoms with Crippen LogP contribution in [0.2, 0.25) is 0 Å². The first kappa shape index (κ1) is 18.6. The average molecular weight is 397 g/mol. The quantitative estimate of drug-likeness (QED) is 0.636. The number of pyridine rings is 2. The van der Waals surface area contributed by atoms with Crippen molar-refractivity contribution in [2.45, 2.75) is 12.7 Å². The van der Waals surface area contributed by atoms with Crippen molar-refractivity contribution in [3.63, 3.8) is 0 Å². The standard InChI is InChI=1S/C18H16F5N5/c19-12-7-14(20)15(24-8-12)10-26-3-5-27(6-4-26)13-1-2-17-25-16(18(21,22)23)11-28(17)9-13/h1-2,7-9,11H,3-6,10H2. The fourth-order valence-electron chi connectivity index (χ4n) is 3.24. The van der Waals surface area contributed by atoms with E-state index in [1.807, 2.05) is 9.80 Å². The topological polar surface area (TPSA) is 36.7 Å². The van der Waals surface area contributed by atoms with E-state index in [0.717, 1.165) is 24.1 Å². The number of nitrogens with zero attached hydrogens (tertiary/aromatic N) is 5. The third-order valence-corrected chi connectivity index (χ3v) is 4.72. The highest BCUT2D eigenvalue weighted by atomic mass is 19.4. The number of hydrogen-bond acceptors (Lipinski definition) is 4. The highest BCUT2D eigenvalue weighted by Gasteiger charge is 2.34. The van der Waals surface area contributed by atoms with E-state index in [9.17, 15) is 22.0 Å². The molecule has 0 radical (unpaired) electrons. The molecule has 3 aromatic heterocycles. The summed E-state index contributed by atoms with van der Waals surface area (Å²) in [4.78, 5) is 11.4. The number of imidazole rings is 1. The number of anilines is 1. The summed E-state index contributed by atoms with van der Waals surface area (Å²) in [6.45, 7) is 2.75. The van der Waals surface area contributed by atoms with E-state index >= 15 is 0 Å². The van der Waals surface area contributed by atoms with Gasteiger partial charge in [-0.2, -0.15) is 13.2 Å². The van der Waals surface area contributed by atoms with Gasteiger partial charge >= 0.3 is 6.18 Å². The third kappa shape index (κ3) is 3.77. The van der Waals surface area contributed by atoms with Crippen LogP contribution in [0.3, 0.4) is 0 Å². The van der Waals surface area contributed by atoms with Crippen LogP contribution in [-0.4, -0.2) is 45.4 Å². The number of hydrogen-bond donors (Lipinski definition) is 0. The first-order valence-corrected chi connectivity index (χ1v) is 8.63. The summed E-state index contributed by atoms with van der Waals surface area (Å²) in [5.74, 6) is -1.39. The molecule has 0 bridgehead atoms. The van der Waals surface area contributed by atoms with Gasteiger partial charge in [0.25, 0.3) is 0 Å². The maximum Gasteiger partial charge on any atom is 0.434 e. The van der Waals surface area contributed by atoms with Crippen molar-refractivity contribution < 1.29 is 22.0 Å². The van der Waals surface area contributed by atoms with Crippen LogP contribution in [0.1, 0.15) is 11.4 Å². The predicted octanol–water partition coefficient (Wildman–Crippen LogP) is 3.35. The second kappa shape index (κ2) is 7.01. The molecule has 0 aromatic carbocycles. The second-order valence-corrected chi connectivity index (χ2v) is 6.62. The SMILES string of the molecule is Fc1cnc(CN2CCN(c3ccc4nc(C(F)(F)F)cn4c3)CC2)c(F)c1. The molecule has 0 N–H and O–H groups in total. The number of alkyl halides is 3. The summed E-state index contributed by atoms with van der Waals surface area (Å²) in [6, 6.07) is 4.10. The Morgan fingerprint density at radius 1 is 1.00 bits per heavy atom. The summed E-state index contributed by atoms with van der Waals surface area (Å²) in [5, 5.41) is 0. The molecule has 1 aliphatic rings. The summed E-state index contributed by atoms with van der Waals surface area (Å²) >= 11 is 0. The maximum atomic E-state index is 13.8. The Labute approximate surface area is 157 Å². The van der Waals surface area contributed by atoms with E-state index in [4.69, 9.17) is 0 Å². The molecule has 0 amide bonds. The zero-order valence-corrected chi connectivity index (χ0v) is 14.6. The highest BCUT2D eigenvalue weighted by Crippen LogP contribution is 2.29. The van der Waals surface area contributed by atoms with Crippen molar-refractivity contribution in [3.8, 4) is 0 Å². The van der Waals surface area contributed by atoms with Crippen molar-refractivity contribution in [1.29, 1.82) is 0 Å². The molecule has 0 unspecified atom stereocenters. The average Bonchev–Trinajstić information content (AvgIpc) is 3.08. The van der Waals surface area contributed by atoms with Gasteiger partial charge in [-0.1, -0.05) is 0 Å². The first-order valence-electron chi connectivity index (χ1n) is 8.63. The van der Waals surface area contributed by atoms with E-state index in [-0.39, 0.29) is 17.9 Å². The lowest BCUT2D eigenvalue weighted by Gasteiger charge is -2.35. The van der Waals surface area contributed by atoms with E-state index in [1.54, 1.807) is 18.3 Å². The smallest absolute Gasteiger partial charge is 0.368 e. The Morgan fingerprint density at radius 2 is 1.75 bits per heavy atom. The van der Waals surface area contributed by atoms with Crippen LogP contribution in [-0.2, 0) is 12.7 Å². The Morgan fingerprint density at radius 3 is 2.43 bits per heavy atom. The molecule has 1 aliphatic heterocycles. The zero-order valence-electron chi connectivity index (χ0n) is 14.6. The van der Waals surface area contributed by atoms with Crippen LogP contribution >= 0.6 is 0 Å². The van der Waals surface area contributed by atoms with Crippen molar-refractivity contribution >= 4 is 11.3 Å². The molecular formula is C18H16F5N5. The maximum absolute atomic E-state index is 13.8. The molecule has 1 fully saturated rings. The van der Waals surface area contributed by atoms with Gasteiger partial charge in [-0.3, -0.25) is 9.88 Å². The fourth-order valence-corrected chi connectivity index (χ4v) is 3.24. The molecule has 10 heteroatoms. The molecule has 28 heavy (non-hydrogen) atoms. The van der Waals surface area contributed by atoms with Crippen LogP contribution in [0.5, 0.6) is 0 Å². The minimum Gasteiger partial charge on any atom is -0.368 e. The summed E-state index contributed by atoms with van der Waals surface area (Å²) in [5.41, 5.74) is 0.273. The van der Waals surface area contributed by atoms with Gasteiger partial charge in [-0.05, 0) is 12.1 Å².